The summed E-state index contributed by atoms with van der Waals surface area (Å²) in [4.78, 5) is 45.6. The van der Waals surface area contributed by atoms with Crippen molar-refractivity contribution in [3.8, 4) is 0 Å². The first-order valence-corrected chi connectivity index (χ1v) is 7.41. The van der Waals surface area contributed by atoms with Crippen LogP contribution in [0.4, 0.5) is 4.39 Å². The summed E-state index contributed by atoms with van der Waals surface area (Å²) in [7, 11) is -5.22. The van der Waals surface area contributed by atoms with Crippen LogP contribution < -0.4 is 80.2 Å². The predicted octanol–water partition coefficient (Wildman–Crippen LogP) is -7.68. The van der Waals surface area contributed by atoms with Crippen molar-refractivity contribution in [3.63, 3.8) is 0 Å². The fourth-order valence-corrected chi connectivity index (χ4v) is 2.30. The van der Waals surface area contributed by atoms with Crippen molar-refractivity contribution < 1.29 is 87.1 Å². The first-order chi connectivity index (χ1) is 9.67. The Balaban J connectivity index is 0.00000242. The molecule has 0 spiro atoms. The van der Waals surface area contributed by atoms with E-state index < -0.39 is 44.2 Å². The third-order valence-corrected chi connectivity index (χ3v) is 3.48. The van der Waals surface area contributed by atoms with Crippen molar-refractivity contribution in [2.24, 2.45) is 0 Å². The monoisotopic (exact) mass is 368 g/mol. The topological polar surface area (TPSA) is 137 Å². The quantitative estimate of drug-likeness (QED) is 0.412. The Morgan fingerprint density at radius 2 is 2.09 bits per heavy atom. The van der Waals surface area contributed by atoms with Crippen molar-refractivity contribution in [2.45, 2.75) is 31.8 Å². The number of phosphoric ester groups is 1. The maximum atomic E-state index is 13.7. The summed E-state index contributed by atoms with van der Waals surface area (Å²) < 4.78 is 34.2. The molecule has 2 heterocycles. The van der Waals surface area contributed by atoms with Gasteiger partial charge in [0.25, 0.3) is 5.56 Å². The molecule has 118 valence electrons. The van der Waals surface area contributed by atoms with Crippen molar-refractivity contribution in [1.82, 2.24) is 9.55 Å². The maximum Gasteiger partial charge on any atom is 1.00 e. The van der Waals surface area contributed by atoms with Gasteiger partial charge in [0.05, 0.1) is 14.4 Å². The Labute approximate surface area is 174 Å². The number of halogens is 1. The number of aromatic amines is 1. The zero-order chi connectivity index (χ0) is 15.8. The number of nitrogens with zero attached hydrogens (tertiary/aromatic N) is 1. The molecule has 0 radical (unpaired) electrons. The van der Waals surface area contributed by atoms with E-state index in [4.69, 9.17) is 4.74 Å². The number of rotatable bonds is 4. The smallest absolute Gasteiger partial charge is 0.790 e. The fraction of sp³-hybridized carbons (Fsp3) is 0.600. The summed E-state index contributed by atoms with van der Waals surface area (Å²) in [6, 6.07) is 0. The van der Waals surface area contributed by atoms with E-state index >= 15 is 0 Å². The van der Waals surface area contributed by atoms with Crippen LogP contribution >= 0.6 is 7.82 Å². The van der Waals surface area contributed by atoms with Gasteiger partial charge in [0.1, 0.15) is 18.5 Å². The number of alkyl halides is 1. The summed E-state index contributed by atoms with van der Waals surface area (Å²) in [6.07, 6.45) is -2.93. The van der Waals surface area contributed by atoms with Gasteiger partial charge in [0.15, 0.2) is 0 Å². The van der Waals surface area contributed by atoms with Crippen LogP contribution in [0.1, 0.15) is 18.2 Å². The molecule has 1 saturated heterocycles. The second kappa shape index (κ2) is 9.40. The van der Waals surface area contributed by atoms with Gasteiger partial charge in [-0.25, -0.2) is 9.18 Å². The van der Waals surface area contributed by atoms with Crippen LogP contribution in [0.5, 0.6) is 0 Å². The predicted molar refractivity (Wildman–Crippen MR) is 63.0 cm³/mol. The molecule has 0 amide bonds. The number of nitrogens with one attached hydrogen (secondary N) is 1. The average molecular weight is 368 g/mol. The van der Waals surface area contributed by atoms with Crippen molar-refractivity contribution in [3.05, 3.63) is 32.6 Å². The van der Waals surface area contributed by atoms with Gasteiger partial charge in [0.2, 0.25) is 0 Å². The molecule has 1 aliphatic heterocycles. The molecule has 1 aliphatic rings. The van der Waals surface area contributed by atoms with E-state index in [0.717, 1.165) is 4.57 Å². The van der Waals surface area contributed by atoms with Crippen LogP contribution in [0.15, 0.2) is 15.8 Å². The second-order valence-corrected chi connectivity index (χ2v) is 5.76. The molecule has 23 heavy (non-hydrogen) atoms. The van der Waals surface area contributed by atoms with Gasteiger partial charge in [-0.3, -0.25) is 14.3 Å². The number of ether oxygens (including phenoxy) is 1. The minimum atomic E-state index is -5.22. The minimum Gasteiger partial charge on any atom is -0.790 e. The normalized spacial score (nSPS) is 23.9. The summed E-state index contributed by atoms with van der Waals surface area (Å²) in [6.45, 7) is 0.696. The Hall–Kier alpha value is 0.680. The van der Waals surface area contributed by atoms with Gasteiger partial charge in [0, 0.05) is 18.2 Å². The van der Waals surface area contributed by atoms with Crippen LogP contribution in [0, 0.1) is 6.92 Å². The Kier molecular flexibility index (Phi) is 9.68. The zero-order valence-corrected chi connectivity index (χ0v) is 17.7. The molecular weight excluding hydrogens is 356 g/mol. The van der Waals surface area contributed by atoms with Gasteiger partial charge in [-0.15, -0.1) is 0 Å². The summed E-state index contributed by atoms with van der Waals surface area (Å²) in [5.74, 6) is 0. The number of aromatic nitrogens is 2. The van der Waals surface area contributed by atoms with Gasteiger partial charge in [-0.05, 0) is 6.92 Å². The molecule has 0 bridgehead atoms. The fourth-order valence-electron chi connectivity index (χ4n) is 1.97. The van der Waals surface area contributed by atoms with Gasteiger partial charge < -0.3 is 23.6 Å². The van der Waals surface area contributed by atoms with Crippen LogP contribution in [0.3, 0.4) is 0 Å². The molecule has 13 heteroatoms. The number of hydrogen-bond acceptors (Lipinski definition) is 7. The molecule has 1 N–H and O–H groups in total. The Bertz CT molecular complexity index is 691. The second-order valence-electron chi connectivity index (χ2n) is 4.60. The van der Waals surface area contributed by atoms with E-state index in [9.17, 15) is 28.3 Å². The maximum absolute atomic E-state index is 13.7. The molecule has 3 atom stereocenters. The van der Waals surface area contributed by atoms with E-state index in [1.807, 2.05) is 4.98 Å². The minimum absolute atomic E-state index is 0. The molecule has 1 aromatic heterocycles. The van der Waals surface area contributed by atoms with Crippen LogP contribution in [-0.4, -0.2) is 28.4 Å². The SMILES string of the molecule is Cc1cn(C2CC(F)C(COP(=O)([O-])[O-])O2)c(=O)[nH]c1=O.[Na+].[Na+]. The van der Waals surface area contributed by atoms with E-state index in [1.165, 1.54) is 13.1 Å². The molecule has 0 aromatic carbocycles. The molecule has 1 aromatic rings. The summed E-state index contributed by atoms with van der Waals surface area (Å²) in [5, 5.41) is 0. The molecular formula is C10H12FN2Na2O7P. The van der Waals surface area contributed by atoms with Crippen molar-refractivity contribution in [2.75, 3.05) is 6.61 Å². The average Bonchev–Trinajstić information content (AvgIpc) is 2.72. The van der Waals surface area contributed by atoms with E-state index in [2.05, 4.69) is 4.52 Å². The molecule has 3 unspecified atom stereocenters. The van der Waals surface area contributed by atoms with Crippen LogP contribution in [0.25, 0.3) is 0 Å². The number of hydrogen-bond donors (Lipinski definition) is 1. The number of phosphoric acid groups is 1. The molecule has 0 saturated carbocycles. The van der Waals surface area contributed by atoms with E-state index in [0.29, 0.717) is 0 Å². The van der Waals surface area contributed by atoms with Crippen molar-refractivity contribution >= 4 is 7.82 Å². The zero-order valence-electron chi connectivity index (χ0n) is 12.9. The standard InChI is InChI=1S/C10H14FN2O7P.2Na/c1-5-3-13(10(15)12-9(5)14)8-2-6(11)7(20-8)4-19-21(16,17)18;;/h3,6-8H,2,4H2,1H3,(H,12,14,15)(H2,16,17,18);;/q;2*+1/p-2. The Morgan fingerprint density at radius 1 is 1.48 bits per heavy atom. The van der Waals surface area contributed by atoms with E-state index in [-0.39, 0.29) is 71.1 Å². The third-order valence-electron chi connectivity index (χ3n) is 3.02. The number of H-pyrrole nitrogens is 1. The Morgan fingerprint density at radius 3 is 2.65 bits per heavy atom. The summed E-state index contributed by atoms with van der Waals surface area (Å²) >= 11 is 0. The van der Waals surface area contributed by atoms with Crippen LogP contribution in [-0.2, 0) is 13.8 Å². The van der Waals surface area contributed by atoms with Crippen molar-refractivity contribution in [1.29, 1.82) is 0 Å². The molecule has 0 aliphatic carbocycles. The van der Waals surface area contributed by atoms with Gasteiger partial charge in [-0.1, -0.05) is 0 Å². The largest absolute Gasteiger partial charge is 1.00 e. The molecule has 9 nitrogen and oxygen atoms in total. The van der Waals surface area contributed by atoms with Gasteiger partial charge >= 0.3 is 64.8 Å². The molecule has 2 rings (SSSR count). The first kappa shape index (κ1) is 23.7. The summed E-state index contributed by atoms with van der Waals surface area (Å²) in [5.41, 5.74) is -1.11. The van der Waals surface area contributed by atoms with Gasteiger partial charge in [-0.2, -0.15) is 0 Å². The number of aryl methyl sites for hydroxylation is 1. The first-order valence-electron chi connectivity index (χ1n) is 5.95. The third kappa shape index (κ3) is 6.48. The van der Waals surface area contributed by atoms with E-state index in [1.54, 1.807) is 0 Å². The molecule has 1 fully saturated rings. The van der Waals surface area contributed by atoms with Crippen LogP contribution in [0.2, 0.25) is 0 Å².